The second-order valence-electron chi connectivity index (χ2n) is 5.57. The van der Waals surface area contributed by atoms with Gasteiger partial charge in [0.25, 0.3) is 5.91 Å². The molecule has 0 fully saturated rings. The van der Waals surface area contributed by atoms with Crippen molar-refractivity contribution in [3.63, 3.8) is 0 Å². The summed E-state index contributed by atoms with van der Waals surface area (Å²) in [5, 5.41) is 16.1. The van der Waals surface area contributed by atoms with Crippen LogP contribution in [0, 0.1) is 6.92 Å². The Balaban J connectivity index is 1.66. The zero-order chi connectivity index (χ0) is 18.4. The predicted octanol–water partition coefficient (Wildman–Crippen LogP) is 3.40. The topological polar surface area (TPSA) is 103 Å². The van der Waals surface area contributed by atoms with Gasteiger partial charge in [-0.25, -0.2) is 0 Å². The number of para-hydroxylation sites is 1. The van der Waals surface area contributed by atoms with E-state index in [-0.39, 0.29) is 12.5 Å². The van der Waals surface area contributed by atoms with E-state index >= 15 is 0 Å². The molecule has 0 saturated heterocycles. The maximum absolute atomic E-state index is 12.6. The van der Waals surface area contributed by atoms with Crippen LogP contribution in [0.4, 0.5) is 5.13 Å². The maximum atomic E-state index is 12.6. The van der Waals surface area contributed by atoms with Gasteiger partial charge in [0.1, 0.15) is 10.8 Å². The fraction of sp³-hybridized carbons (Fsp3) is 0.353. The lowest BCUT2D eigenvalue weighted by molar-refractivity contribution is 0.102. The number of rotatable bonds is 8. The average Bonchev–Trinajstić information content (AvgIpc) is 3.27. The molecule has 2 heterocycles. The normalized spacial score (nSPS) is 10.7. The minimum Gasteiger partial charge on any atom is -0.485 e. The summed E-state index contributed by atoms with van der Waals surface area (Å²) in [6.45, 7) is 3.94. The maximum Gasteiger partial charge on any atom is 0.261 e. The molecule has 3 rings (SSSR count). The van der Waals surface area contributed by atoms with E-state index in [1.165, 1.54) is 11.3 Å². The van der Waals surface area contributed by atoms with Crippen molar-refractivity contribution in [3.05, 3.63) is 46.6 Å². The number of nitrogens with zero attached hydrogens (tertiary/aromatic N) is 4. The molecule has 8 nitrogen and oxygen atoms in total. The Morgan fingerprint density at radius 3 is 2.92 bits per heavy atom. The molecule has 1 N–H and O–H groups in total. The van der Waals surface area contributed by atoms with Gasteiger partial charge in [-0.05, 0) is 18.6 Å². The lowest BCUT2D eigenvalue weighted by Crippen LogP contribution is -2.13. The van der Waals surface area contributed by atoms with Crippen LogP contribution in [-0.2, 0) is 13.0 Å². The third-order valence-electron chi connectivity index (χ3n) is 3.49. The Labute approximate surface area is 154 Å². The third-order valence-corrected chi connectivity index (χ3v) is 4.39. The first kappa shape index (κ1) is 18.0. The van der Waals surface area contributed by atoms with E-state index in [1.54, 1.807) is 31.2 Å². The molecule has 0 unspecified atom stereocenters. The number of anilines is 1. The van der Waals surface area contributed by atoms with Crippen LogP contribution in [0.5, 0.6) is 5.75 Å². The molecule has 0 aliphatic heterocycles. The monoisotopic (exact) mass is 373 g/mol. The van der Waals surface area contributed by atoms with Crippen molar-refractivity contribution in [1.82, 2.24) is 20.3 Å². The van der Waals surface area contributed by atoms with E-state index in [0.717, 1.165) is 24.3 Å². The van der Waals surface area contributed by atoms with Gasteiger partial charge in [-0.3, -0.25) is 10.1 Å². The van der Waals surface area contributed by atoms with Crippen LogP contribution in [0.1, 0.15) is 46.8 Å². The van der Waals surface area contributed by atoms with E-state index in [0.29, 0.717) is 28.2 Å². The summed E-state index contributed by atoms with van der Waals surface area (Å²) in [4.78, 5) is 16.6. The number of hydrogen-bond acceptors (Lipinski definition) is 8. The average molecular weight is 373 g/mol. The minimum atomic E-state index is -0.303. The van der Waals surface area contributed by atoms with Crippen LogP contribution < -0.4 is 10.1 Å². The second kappa shape index (κ2) is 8.52. The number of hydrogen-bond donors (Lipinski definition) is 1. The molecule has 0 radical (unpaired) electrons. The minimum absolute atomic E-state index is 0.113. The van der Waals surface area contributed by atoms with Gasteiger partial charge in [-0.1, -0.05) is 42.0 Å². The number of aryl methyl sites for hydroxylation is 2. The molecule has 9 heteroatoms. The second-order valence-corrected chi connectivity index (χ2v) is 6.64. The van der Waals surface area contributed by atoms with E-state index in [2.05, 4.69) is 32.6 Å². The van der Waals surface area contributed by atoms with Crippen molar-refractivity contribution in [3.8, 4) is 5.75 Å². The summed E-state index contributed by atoms with van der Waals surface area (Å²) >= 11 is 1.39. The lowest BCUT2D eigenvalue weighted by atomic mass is 10.2. The third kappa shape index (κ3) is 4.63. The van der Waals surface area contributed by atoms with E-state index in [4.69, 9.17) is 9.26 Å². The quantitative estimate of drug-likeness (QED) is 0.645. The van der Waals surface area contributed by atoms with Crippen molar-refractivity contribution in [2.45, 2.75) is 39.7 Å². The van der Waals surface area contributed by atoms with E-state index in [1.807, 2.05) is 0 Å². The molecule has 0 saturated carbocycles. The van der Waals surface area contributed by atoms with Crippen LogP contribution in [0.2, 0.25) is 0 Å². The van der Waals surface area contributed by atoms with Gasteiger partial charge in [-0.2, -0.15) is 4.98 Å². The van der Waals surface area contributed by atoms with Gasteiger partial charge in [0.2, 0.25) is 16.8 Å². The number of benzene rings is 1. The van der Waals surface area contributed by atoms with Gasteiger partial charge >= 0.3 is 0 Å². The number of aromatic nitrogens is 4. The summed E-state index contributed by atoms with van der Waals surface area (Å²) in [7, 11) is 0. The van der Waals surface area contributed by atoms with Crippen molar-refractivity contribution in [1.29, 1.82) is 0 Å². The molecule has 1 amide bonds. The van der Waals surface area contributed by atoms with Gasteiger partial charge in [0.15, 0.2) is 6.61 Å². The summed E-state index contributed by atoms with van der Waals surface area (Å²) in [5.74, 6) is 1.01. The highest BCUT2D eigenvalue weighted by atomic mass is 32.1. The number of unbranched alkanes of at least 4 members (excludes halogenated alkanes) is 1. The first-order chi connectivity index (χ1) is 12.7. The fourth-order valence-corrected chi connectivity index (χ4v) is 3.00. The number of nitrogens with one attached hydrogen (secondary N) is 1. The number of carbonyl (C=O) groups excluding carboxylic acids is 1. The van der Waals surface area contributed by atoms with Crippen LogP contribution in [0.3, 0.4) is 0 Å². The highest BCUT2D eigenvalue weighted by Crippen LogP contribution is 2.22. The molecule has 0 bridgehead atoms. The summed E-state index contributed by atoms with van der Waals surface area (Å²) in [6, 6.07) is 6.97. The van der Waals surface area contributed by atoms with Crippen molar-refractivity contribution in [2.75, 3.05) is 5.32 Å². The SMILES string of the molecule is CCCCc1nnc(NC(=O)c2ccccc2OCc2noc(C)n2)s1. The molecule has 0 spiro atoms. The molecule has 2 aromatic heterocycles. The zero-order valence-corrected chi connectivity index (χ0v) is 15.4. The van der Waals surface area contributed by atoms with Crippen LogP contribution in [-0.4, -0.2) is 26.2 Å². The lowest BCUT2D eigenvalue weighted by Gasteiger charge is -2.09. The van der Waals surface area contributed by atoms with Gasteiger partial charge in [0, 0.05) is 13.3 Å². The van der Waals surface area contributed by atoms with Gasteiger partial charge < -0.3 is 9.26 Å². The Morgan fingerprint density at radius 2 is 2.15 bits per heavy atom. The van der Waals surface area contributed by atoms with E-state index < -0.39 is 0 Å². The largest absolute Gasteiger partial charge is 0.485 e. The summed E-state index contributed by atoms with van der Waals surface area (Å²) in [5.41, 5.74) is 0.401. The molecule has 0 atom stereocenters. The summed E-state index contributed by atoms with van der Waals surface area (Å²) in [6.07, 6.45) is 3.01. The Hall–Kier alpha value is -2.81. The first-order valence-corrected chi connectivity index (χ1v) is 9.12. The van der Waals surface area contributed by atoms with Crippen molar-refractivity contribution in [2.24, 2.45) is 0 Å². The molecule has 1 aromatic carbocycles. The van der Waals surface area contributed by atoms with Crippen LogP contribution >= 0.6 is 11.3 Å². The van der Waals surface area contributed by atoms with Gasteiger partial charge in [0.05, 0.1) is 5.56 Å². The molecular formula is C17H19N5O3S. The molecular weight excluding hydrogens is 354 g/mol. The molecule has 0 aliphatic carbocycles. The highest BCUT2D eigenvalue weighted by molar-refractivity contribution is 7.15. The van der Waals surface area contributed by atoms with Crippen LogP contribution in [0.25, 0.3) is 0 Å². The molecule has 3 aromatic rings. The molecule has 26 heavy (non-hydrogen) atoms. The smallest absolute Gasteiger partial charge is 0.261 e. The number of amides is 1. The van der Waals surface area contributed by atoms with Crippen molar-refractivity contribution >= 4 is 22.4 Å². The Kier molecular flexibility index (Phi) is 5.90. The number of carbonyl (C=O) groups is 1. The standard InChI is InChI=1S/C17H19N5O3S/c1-3-4-9-15-20-21-17(26-15)19-16(23)12-7-5-6-8-13(12)24-10-14-18-11(2)25-22-14/h5-8H,3-4,9-10H2,1-2H3,(H,19,21,23). The Bertz CT molecular complexity index is 877. The summed E-state index contributed by atoms with van der Waals surface area (Å²) < 4.78 is 10.6. The Morgan fingerprint density at radius 1 is 1.31 bits per heavy atom. The highest BCUT2D eigenvalue weighted by Gasteiger charge is 2.15. The number of ether oxygens (including phenoxy) is 1. The van der Waals surface area contributed by atoms with Gasteiger partial charge in [-0.15, -0.1) is 10.2 Å². The first-order valence-electron chi connectivity index (χ1n) is 8.30. The molecule has 136 valence electrons. The van der Waals surface area contributed by atoms with E-state index in [9.17, 15) is 4.79 Å². The fourth-order valence-electron chi connectivity index (χ4n) is 2.22. The molecule has 0 aliphatic rings. The van der Waals surface area contributed by atoms with Crippen LogP contribution in [0.15, 0.2) is 28.8 Å². The predicted molar refractivity (Wildman–Crippen MR) is 96.3 cm³/mol. The zero-order valence-electron chi connectivity index (χ0n) is 14.6. The van der Waals surface area contributed by atoms with Crippen molar-refractivity contribution < 1.29 is 14.1 Å².